The maximum atomic E-state index is 12.5. The predicted octanol–water partition coefficient (Wildman–Crippen LogP) is 1.31. The number of nitrogens with two attached hydrogens (primary N) is 1. The van der Waals surface area contributed by atoms with Gasteiger partial charge in [0.15, 0.2) is 0 Å². The number of likely N-dealkylation sites (N-methyl/N-ethyl adjacent to an activating group) is 1. The zero-order valence-corrected chi connectivity index (χ0v) is 12.3. The summed E-state index contributed by atoms with van der Waals surface area (Å²) in [6.07, 6.45) is 7.22. The lowest BCUT2D eigenvalue weighted by molar-refractivity contribution is -0.137. The Labute approximate surface area is 117 Å². The van der Waals surface area contributed by atoms with Crippen molar-refractivity contribution in [3.63, 3.8) is 0 Å². The maximum absolute atomic E-state index is 12.5. The van der Waals surface area contributed by atoms with Crippen molar-refractivity contribution < 1.29 is 4.79 Å². The Kier molecular flexibility index (Phi) is 5.64. The molecule has 0 aromatic carbocycles. The van der Waals surface area contributed by atoms with E-state index < -0.39 is 0 Å². The van der Waals surface area contributed by atoms with Crippen LogP contribution in [0.4, 0.5) is 0 Å². The lowest BCUT2D eigenvalue weighted by Crippen LogP contribution is -2.43. The molecule has 1 aliphatic heterocycles. The molecule has 0 spiro atoms. The van der Waals surface area contributed by atoms with Crippen molar-refractivity contribution in [2.45, 2.75) is 38.5 Å². The average Bonchev–Trinajstić information content (AvgIpc) is 2.97. The van der Waals surface area contributed by atoms with Crippen LogP contribution in [-0.2, 0) is 4.79 Å². The molecule has 2 aliphatic rings. The van der Waals surface area contributed by atoms with E-state index in [0.717, 1.165) is 25.9 Å². The summed E-state index contributed by atoms with van der Waals surface area (Å²) >= 11 is 0. The van der Waals surface area contributed by atoms with Crippen LogP contribution in [0.15, 0.2) is 0 Å². The number of hydrogen-bond donors (Lipinski definition) is 1. The molecule has 110 valence electrons. The summed E-state index contributed by atoms with van der Waals surface area (Å²) in [5.41, 5.74) is 5.83. The first kappa shape index (κ1) is 14.8. The number of likely N-dealkylation sites (tertiary alicyclic amines) is 1. The van der Waals surface area contributed by atoms with Crippen LogP contribution in [0.25, 0.3) is 0 Å². The van der Waals surface area contributed by atoms with E-state index in [2.05, 4.69) is 4.90 Å². The summed E-state index contributed by atoms with van der Waals surface area (Å²) in [6.45, 7) is 4.97. The largest absolute Gasteiger partial charge is 0.344 e. The Hall–Kier alpha value is -0.610. The second-order valence-corrected chi connectivity index (χ2v) is 6.20. The van der Waals surface area contributed by atoms with Gasteiger partial charge >= 0.3 is 0 Å². The standard InChI is InChI=1S/C15H29N3O/c1-17(10-11-18-8-4-5-9-18)15(19)14-7-3-2-6-13(14)12-16/h13-14H,2-12,16H2,1H3. The van der Waals surface area contributed by atoms with E-state index in [-0.39, 0.29) is 5.92 Å². The van der Waals surface area contributed by atoms with E-state index in [1.807, 2.05) is 11.9 Å². The Morgan fingerprint density at radius 2 is 1.89 bits per heavy atom. The number of rotatable bonds is 5. The Bertz CT molecular complexity index is 289. The van der Waals surface area contributed by atoms with Gasteiger partial charge in [0.1, 0.15) is 0 Å². The number of amides is 1. The normalized spacial score (nSPS) is 28.5. The minimum atomic E-state index is 0.183. The smallest absolute Gasteiger partial charge is 0.225 e. The van der Waals surface area contributed by atoms with Crippen LogP contribution in [0, 0.1) is 11.8 Å². The molecule has 2 atom stereocenters. The molecule has 4 heteroatoms. The van der Waals surface area contributed by atoms with Gasteiger partial charge in [0.05, 0.1) is 0 Å². The summed E-state index contributed by atoms with van der Waals surface area (Å²) < 4.78 is 0. The van der Waals surface area contributed by atoms with E-state index >= 15 is 0 Å². The summed E-state index contributed by atoms with van der Waals surface area (Å²) in [5, 5.41) is 0. The minimum Gasteiger partial charge on any atom is -0.344 e. The highest BCUT2D eigenvalue weighted by Gasteiger charge is 2.31. The molecular formula is C15H29N3O. The molecule has 2 rings (SSSR count). The third kappa shape index (κ3) is 3.93. The fraction of sp³-hybridized carbons (Fsp3) is 0.933. The van der Waals surface area contributed by atoms with Crippen molar-refractivity contribution in [1.82, 2.24) is 9.80 Å². The molecule has 1 heterocycles. The summed E-state index contributed by atoms with van der Waals surface area (Å²) in [6, 6.07) is 0. The van der Waals surface area contributed by atoms with E-state index in [0.29, 0.717) is 18.4 Å². The first-order chi connectivity index (χ1) is 9.22. The van der Waals surface area contributed by atoms with E-state index in [1.165, 1.54) is 38.8 Å². The molecule has 0 aromatic heterocycles. The van der Waals surface area contributed by atoms with Crippen molar-refractivity contribution in [1.29, 1.82) is 0 Å². The van der Waals surface area contributed by atoms with Crippen LogP contribution in [0.2, 0.25) is 0 Å². The van der Waals surface area contributed by atoms with Gasteiger partial charge in [-0.3, -0.25) is 4.79 Å². The van der Waals surface area contributed by atoms with Gasteiger partial charge in [0.2, 0.25) is 5.91 Å². The van der Waals surface area contributed by atoms with Gasteiger partial charge in [-0.05, 0) is 51.2 Å². The van der Waals surface area contributed by atoms with Crippen LogP contribution in [0.5, 0.6) is 0 Å². The zero-order chi connectivity index (χ0) is 13.7. The SMILES string of the molecule is CN(CCN1CCCC1)C(=O)C1CCCCC1CN. The molecule has 1 amide bonds. The van der Waals surface area contributed by atoms with Crippen molar-refractivity contribution >= 4 is 5.91 Å². The first-order valence-electron chi connectivity index (χ1n) is 7.89. The monoisotopic (exact) mass is 267 g/mol. The topological polar surface area (TPSA) is 49.6 Å². The highest BCUT2D eigenvalue weighted by atomic mass is 16.2. The molecule has 2 unspecified atom stereocenters. The average molecular weight is 267 g/mol. The Morgan fingerprint density at radius 1 is 1.21 bits per heavy atom. The van der Waals surface area contributed by atoms with Crippen LogP contribution in [0.3, 0.4) is 0 Å². The molecule has 1 aliphatic carbocycles. The van der Waals surface area contributed by atoms with Gasteiger partial charge in [-0.25, -0.2) is 0 Å². The number of hydrogen-bond acceptors (Lipinski definition) is 3. The molecule has 0 bridgehead atoms. The van der Waals surface area contributed by atoms with Gasteiger partial charge in [0, 0.05) is 26.1 Å². The fourth-order valence-electron chi connectivity index (χ4n) is 3.51. The molecule has 4 nitrogen and oxygen atoms in total. The summed E-state index contributed by atoms with van der Waals surface area (Å²) in [7, 11) is 1.96. The maximum Gasteiger partial charge on any atom is 0.225 e. The van der Waals surface area contributed by atoms with Gasteiger partial charge < -0.3 is 15.5 Å². The molecule has 0 radical (unpaired) electrons. The van der Waals surface area contributed by atoms with Gasteiger partial charge in [-0.15, -0.1) is 0 Å². The molecule has 1 saturated carbocycles. The third-order valence-corrected chi connectivity index (χ3v) is 4.86. The summed E-state index contributed by atoms with van der Waals surface area (Å²) in [4.78, 5) is 16.9. The summed E-state index contributed by atoms with van der Waals surface area (Å²) in [5.74, 6) is 0.923. The molecule has 1 saturated heterocycles. The van der Waals surface area contributed by atoms with Gasteiger partial charge in [0.25, 0.3) is 0 Å². The second kappa shape index (κ2) is 7.25. The quantitative estimate of drug-likeness (QED) is 0.817. The number of carbonyl (C=O) groups excluding carboxylic acids is 1. The minimum absolute atomic E-state index is 0.183. The zero-order valence-electron chi connectivity index (χ0n) is 12.3. The van der Waals surface area contributed by atoms with E-state index in [1.54, 1.807) is 0 Å². The van der Waals surface area contributed by atoms with Crippen molar-refractivity contribution in [3.05, 3.63) is 0 Å². The molecular weight excluding hydrogens is 238 g/mol. The molecule has 2 fully saturated rings. The molecule has 0 aromatic rings. The van der Waals surface area contributed by atoms with Crippen molar-refractivity contribution in [2.75, 3.05) is 39.8 Å². The third-order valence-electron chi connectivity index (χ3n) is 4.86. The number of carbonyl (C=O) groups is 1. The first-order valence-corrected chi connectivity index (χ1v) is 7.89. The van der Waals surface area contributed by atoms with Crippen LogP contribution in [-0.4, -0.2) is 55.5 Å². The Morgan fingerprint density at radius 3 is 2.58 bits per heavy atom. The van der Waals surface area contributed by atoms with Crippen LogP contribution < -0.4 is 5.73 Å². The van der Waals surface area contributed by atoms with Crippen LogP contribution in [0.1, 0.15) is 38.5 Å². The Balaban J connectivity index is 1.79. The molecule has 2 N–H and O–H groups in total. The van der Waals surface area contributed by atoms with Crippen molar-refractivity contribution in [2.24, 2.45) is 17.6 Å². The van der Waals surface area contributed by atoms with Crippen LogP contribution >= 0.6 is 0 Å². The fourth-order valence-corrected chi connectivity index (χ4v) is 3.51. The number of nitrogens with zero attached hydrogens (tertiary/aromatic N) is 2. The molecule has 19 heavy (non-hydrogen) atoms. The van der Waals surface area contributed by atoms with Gasteiger partial charge in [-0.1, -0.05) is 12.8 Å². The van der Waals surface area contributed by atoms with E-state index in [9.17, 15) is 4.79 Å². The van der Waals surface area contributed by atoms with Crippen molar-refractivity contribution in [3.8, 4) is 0 Å². The highest BCUT2D eigenvalue weighted by Crippen LogP contribution is 2.30. The predicted molar refractivity (Wildman–Crippen MR) is 77.8 cm³/mol. The highest BCUT2D eigenvalue weighted by molar-refractivity contribution is 5.79. The van der Waals surface area contributed by atoms with Gasteiger partial charge in [-0.2, -0.15) is 0 Å². The second-order valence-electron chi connectivity index (χ2n) is 6.20. The van der Waals surface area contributed by atoms with E-state index in [4.69, 9.17) is 5.73 Å². The lowest BCUT2D eigenvalue weighted by Gasteiger charge is -2.33. The lowest BCUT2D eigenvalue weighted by atomic mass is 9.78.